The third-order valence-corrected chi connectivity index (χ3v) is 3.76. The van der Waals surface area contributed by atoms with Crippen LogP contribution < -0.4 is 10.2 Å². The van der Waals surface area contributed by atoms with E-state index in [4.69, 9.17) is 0 Å². The zero-order chi connectivity index (χ0) is 10.8. The van der Waals surface area contributed by atoms with Gasteiger partial charge < -0.3 is 10.2 Å². The van der Waals surface area contributed by atoms with Crippen molar-refractivity contribution >= 4 is 27.4 Å². The highest BCUT2D eigenvalue weighted by Crippen LogP contribution is 2.27. The van der Waals surface area contributed by atoms with Crippen molar-refractivity contribution < 1.29 is 0 Å². The van der Waals surface area contributed by atoms with E-state index in [0.29, 0.717) is 0 Å². The third kappa shape index (κ3) is 1.76. The van der Waals surface area contributed by atoms with E-state index < -0.39 is 0 Å². The Morgan fingerprint density at radius 3 is 3.25 bits per heavy atom. The highest BCUT2D eigenvalue weighted by Gasteiger charge is 2.14. The number of anilines is 1. The van der Waals surface area contributed by atoms with Crippen LogP contribution >= 0.6 is 11.3 Å². The summed E-state index contributed by atoms with van der Waals surface area (Å²) in [5.74, 6) is 1.10. The summed E-state index contributed by atoms with van der Waals surface area (Å²) in [5, 5.41) is 5.49. The SMILES string of the molecule is c1nc(N2CCCNCC2)c2sccc2n1. The average Bonchev–Trinajstić information content (AvgIpc) is 2.63. The van der Waals surface area contributed by atoms with Gasteiger partial charge in [0, 0.05) is 19.6 Å². The van der Waals surface area contributed by atoms with Crippen LogP contribution in [-0.2, 0) is 0 Å². The third-order valence-electron chi connectivity index (χ3n) is 2.86. The Hall–Kier alpha value is -1.20. The molecular weight excluding hydrogens is 220 g/mol. The second-order valence-electron chi connectivity index (χ2n) is 3.92. The fourth-order valence-electron chi connectivity index (χ4n) is 2.06. The molecule has 5 heteroatoms. The first-order chi connectivity index (χ1) is 7.95. The van der Waals surface area contributed by atoms with Crippen molar-refractivity contribution in [1.82, 2.24) is 15.3 Å². The van der Waals surface area contributed by atoms with Crippen LogP contribution in [0.1, 0.15) is 6.42 Å². The summed E-state index contributed by atoms with van der Waals surface area (Å²) in [4.78, 5) is 11.1. The molecule has 1 N–H and O–H groups in total. The Balaban J connectivity index is 2.00. The highest BCUT2D eigenvalue weighted by atomic mass is 32.1. The van der Waals surface area contributed by atoms with Crippen LogP contribution in [0.3, 0.4) is 0 Å². The number of rotatable bonds is 1. The minimum Gasteiger partial charge on any atom is -0.354 e. The number of thiophene rings is 1. The molecule has 2 aromatic heterocycles. The summed E-state index contributed by atoms with van der Waals surface area (Å²) >= 11 is 1.73. The van der Waals surface area contributed by atoms with Gasteiger partial charge in [-0.2, -0.15) is 0 Å². The van der Waals surface area contributed by atoms with Crippen LogP contribution in [0.25, 0.3) is 10.2 Å². The van der Waals surface area contributed by atoms with E-state index in [0.717, 1.165) is 37.5 Å². The molecule has 3 rings (SSSR count). The van der Waals surface area contributed by atoms with Crippen molar-refractivity contribution in [3.05, 3.63) is 17.8 Å². The number of aromatic nitrogens is 2. The fourth-order valence-corrected chi connectivity index (χ4v) is 2.92. The topological polar surface area (TPSA) is 41.1 Å². The van der Waals surface area contributed by atoms with E-state index in [1.54, 1.807) is 17.7 Å². The molecule has 1 saturated heterocycles. The summed E-state index contributed by atoms with van der Waals surface area (Å²) in [6.07, 6.45) is 2.85. The van der Waals surface area contributed by atoms with E-state index in [-0.39, 0.29) is 0 Å². The summed E-state index contributed by atoms with van der Waals surface area (Å²) in [5.41, 5.74) is 1.06. The standard InChI is InChI=1S/C11H14N4S/c1-3-12-4-6-15(5-1)11-10-9(2-7-16-10)13-8-14-11/h2,7-8,12H,1,3-6H2. The summed E-state index contributed by atoms with van der Waals surface area (Å²) < 4.78 is 1.21. The predicted octanol–water partition coefficient (Wildman–Crippen LogP) is 1.49. The fraction of sp³-hybridized carbons (Fsp3) is 0.455. The van der Waals surface area contributed by atoms with Crippen LogP contribution in [0.15, 0.2) is 17.8 Å². The normalized spacial score (nSPS) is 17.6. The van der Waals surface area contributed by atoms with Crippen molar-refractivity contribution in [2.45, 2.75) is 6.42 Å². The lowest BCUT2D eigenvalue weighted by Gasteiger charge is -2.21. The van der Waals surface area contributed by atoms with Crippen LogP contribution in [0.4, 0.5) is 5.82 Å². The van der Waals surface area contributed by atoms with Gasteiger partial charge in [-0.3, -0.25) is 0 Å². The van der Waals surface area contributed by atoms with Gasteiger partial charge in [0.25, 0.3) is 0 Å². The van der Waals surface area contributed by atoms with Gasteiger partial charge in [0.05, 0.1) is 10.2 Å². The molecule has 84 valence electrons. The summed E-state index contributed by atoms with van der Waals surface area (Å²) in [7, 11) is 0. The lowest BCUT2D eigenvalue weighted by atomic mass is 10.3. The first kappa shape index (κ1) is 9.99. The maximum Gasteiger partial charge on any atom is 0.150 e. The predicted molar refractivity (Wildman–Crippen MR) is 67.1 cm³/mol. The van der Waals surface area contributed by atoms with E-state index in [9.17, 15) is 0 Å². The Morgan fingerprint density at radius 2 is 2.25 bits per heavy atom. The van der Waals surface area contributed by atoms with E-state index in [2.05, 4.69) is 31.6 Å². The van der Waals surface area contributed by atoms with Crippen LogP contribution in [0.5, 0.6) is 0 Å². The lowest BCUT2D eigenvalue weighted by molar-refractivity contribution is 0.724. The minimum absolute atomic E-state index is 1.03. The molecule has 0 aliphatic carbocycles. The zero-order valence-electron chi connectivity index (χ0n) is 9.02. The Labute approximate surface area is 98.3 Å². The van der Waals surface area contributed by atoms with E-state index in [1.807, 2.05) is 0 Å². The van der Waals surface area contributed by atoms with E-state index in [1.165, 1.54) is 11.1 Å². The van der Waals surface area contributed by atoms with Crippen molar-refractivity contribution in [3.63, 3.8) is 0 Å². The van der Waals surface area contributed by atoms with Crippen LogP contribution in [-0.4, -0.2) is 36.1 Å². The molecule has 16 heavy (non-hydrogen) atoms. The number of nitrogens with one attached hydrogen (secondary N) is 1. The van der Waals surface area contributed by atoms with Gasteiger partial charge in [-0.1, -0.05) is 0 Å². The number of nitrogens with zero attached hydrogens (tertiary/aromatic N) is 3. The zero-order valence-corrected chi connectivity index (χ0v) is 9.83. The van der Waals surface area contributed by atoms with Gasteiger partial charge in [-0.15, -0.1) is 11.3 Å². The van der Waals surface area contributed by atoms with Gasteiger partial charge in [-0.05, 0) is 24.4 Å². The Morgan fingerprint density at radius 1 is 1.25 bits per heavy atom. The summed E-state index contributed by atoms with van der Waals surface area (Å²) in [6, 6.07) is 2.06. The second-order valence-corrected chi connectivity index (χ2v) is 4.84. The molecular formula is C11H14N4S. The first-order valence-electron chi connectivity index (χ1n) is 5.59. The number of hydrogen-bond donors (Lipinski definition) is 1. The molecule has 0 radical (unpaired) electrons. The highest BCUT2D eigenvalue weighted by molar-refractivity contribution is 7.17. The number of fused-ring (bicyclic) bond motifs is 1. The molecule has 1 aliphatic heterocycles. The van der Waals surface area contributed by atoms with Crippen LogP contribution in [0.2, 0.25) is 0 Å². The smallest absolute Gasteiger partial charge is 0.150 e. The monoisotopic (exact) mass is 234 g/mol. The molecule has 0 atom stereocenters. The van der Waals surface area contributed by atoms with Crippen molar-refractivity contribution in [2.75, 3.05) is 31.1 Å². The van der Waals surface area contributed by atoms with Gasteiger partial charge in [0.2, 0.25) is 0 Å². The van der Waals surface area contributed by atoms with Gasteiger partial charge in [0.15, 0.2) is 0 Å². The minimum atomic E-state index is 1.03. The molecule has 0 unspecified atom stereocenters. The molecule has 2 aromatic rings. The molecule has 1 aliphatic rings. The average molecular weight is 234 g/mol. The first-order valence-corrected chi connectivity index (χ1v) is 6.47. The number of hydrogen-bond acceptors (Lipinski definition) is 5. The maximum absolute atomic E-state index is 4.44. The maximum atomic E-state index is 4.44. The quantitative estimate of drug-likeness (QED) is 0.811. The van der Waals surface area contributed by atoms with Gasteiger partial charge in [-0.25, -0.2) is 9.97 Å². The molecule has 3 heterocycles. The molecule has 4 nitrogen and oxygen atoms in total. The molecule has 0 amide bonds. The van der Waals surface area contributed by atoms with Crippen LogP contribution in [0, 0.1) is 0 Å². The second kappa shape index (κ2) is 4.35. The van der Waals surface area contributed by atoms with Crippen molar-refractivity contribution in [1.29, 1.82) is 0 Å². The Bertz CT molecular complexity index is 474. The lowest BCUT2D eigenvalue weighted by Crippen LogP contribution is -2.28. The summed E-state index contributed by atoms with van der Waals surface area (Å²) in [6.45, 7) is 4.26. The molecule has 0 aromatic carbocycles. The molecule has 0 saturated carbocycles. The largest absolute Gasteiger partial charge is 0.354 e. The van der Waals surface area contributed by atoms with Gasteiger partial charge >= 0.3 is 0 Å². The molecule has 0 bridgehead atoms. The van der Waals surface area contributed by atoms with Crippen molar-refractivity contribution in [2.24, 2.45) is 0 Å². The van der Waals surface area contributed by atoms with Crippen molar-refractivity contribution in [3.8, 4) is 0 Å². The molecule has 1 fully saturated rings. The Kier molecular flexibility index (Phi) is 2.71. The van der Waals surface area contributed by atoms with E-state index >= 15 is 0 Å². The van der Waals surface area contributed by atoms with Gasteiger partial charge in [0.1, 0.15) is 12.1 Å². The molecule has 0 spiro atoms.